The van der Waals surface area contributed by atoms with Crippen molar-refractivity contribution in [1.29, 1.82) is 0 Å². The minimum atomic E-state index is -1.35. The average molecular weight is 637 g/mol. The van der Waals surface area contributed by atoms with Crippen LogP contribution in [-0.2, 0) is 28.8 Å². The Morgan fingerprint density at radius 2 is 0.614 bits per heavy atom. The third-order valence-electron chi connectivity index (χ3n) is 7.67. The second-order valence-corrected chi connectivity index (χ2v) is 10.4. The van der Waals surface area contributed by atoms with Gasteiger partial charge in [0.25, 0.3) is 0 Å². The first-order valence-corrected chi connectivity index (χ1v) is 14.3. The van der Waals surface area contributed by atoms with E-state index in [1.165, 1.54) is 19.6 Å². The molecule has 18 nitrogen and oxygen atoms in total. The fourth-order valence-electron chi connectivity index (χ4n) is 5.34. The molecule has 0 aromatic carbocycles. The highest BCUT2D eigenvalue weighted by atomic mass is 16.4. The maximum atomic E-state index is 12.2. The topological polar surface area (TPSA) is 277 Å². The normalized spacial score (nSPS) is 19.5. The Hall–Kier alpha value is -3.42. The zero-order valence-corrected chi connectivity index (χ0v) is 24.4. The van der Waals surface area contributed by atoms with Gasteiger partial charge in [0, 0.05) is 78.4 Å². The average Bonchev–Trinajstić information content (AvgIpc) is 2.92. The Labute approximate surface area is 253 Å². The fourth-order valence-corrected chi connectivity index (χ4v) is 5.34. The van der Waals surface area contributed by atoms with Crippen LogP contribution in [0.2, 0.25) is 0 Å². The van der Waals surface area contributed by atoms with E-state index in [-0.39, 0.29) is 78.0 Å². The van der Waals surface area contributed by atoms with Gasteiger partial charge in [0.1, 0.15) is 24.2 Å². The van der Waals surface area contributed by atoms with E-state index in [1.54, 1.807) is 0 Å². The van der Waals surface area contributed by atoms with Gasteiger partial charge in [0.2, 0.25) is 0 Å². The number of hydrogen-bond donors (Lipinski definition) is 8. The molecule has 0 aliphatic carbocycles. The molecule has 252 valence electrons. The molecular formula is C26H44N4O14. The Morgan fingerprint density at radius 1 is 0.409 bits per heavy atom. The van der Waals surface area contributed by atoms with Crippen LogP contribution in [0.15, 0.2) is 0 Å². The van der Waals surface area contributed by atoms with Crippen molar-refractivity contribution in [3.8, 4) is 0 Å². The number of carboxylic acid groups (broad SMARTS) is 6. The largest absolute Gasteiger partial charge is 0.481 e. The maximum Gasteiger partial charge on any atom is 0.321 e. The number of aliphatic carboxylic acids is 6. The van der Waals surface area contributed by atoms with E-state index < -0.39 is 86.0 Å². The van der Waals surface area contributed by atoms with E-state index in [1.807, 2.05) is 0 Å². The molecule has 44 heavy (non-hydrogen) atoms. The predicted molar refractivity (Wildman–Crippen MR) is 149 cm³/mol. The van der Waals surface area contributed by atoms with E-state index >= 15 is 0 Å². The third-order valence-corrected chi connectivity index (χ3v) is 7.67. The number of carboxylic acids is 6. The van der Waals surface area contributed by atoms with Crippen molar-refractivity contribution in [2.75, 3.05) is 65.6 Å². The highest BCUT2D eigenvalue weighted by molar-refractivity contribution is 5.76. The molecule has 1 fully saturated rings. The molecule has 1 heterocycles. The summed E-state index contributed by atoms with van der Waals surface area (Å²) in [7, 11) is 0. The lowest BCUT2D eigenvalue weighted by molar-refractivity contribution is -0.149. The van der Waals surface area contributed by atoms with Crippen molar-refractivity contribution >= 4 is 35.8 Å². The molecule has 1 aliphatic heterocycles. The van der Waals surface area contributed by atoms with Crippen molar-refractivity contribution < 1.29 is 69.6 Å². The van der Waals surface area contributed by atoms with Gasteiger partial charge in [-0.3, -0.25) is 48.4 Å². The van der Waals surface area contributed by atoms with Gasteiger partial charge in [-0.15, -0.1) is 0 Å². The van der Waals surface area contributed by atoms with E-state index in [4.69, 9.17) is 10.2 Å². The van der Waals surface area contributed by atoms with E-state index in [0.29, 0.717) is 0 Å². The molecule has 4 unspecified atom stereocenters. The lowest BCUT2D eigenvalue weighted by atomic mass is 10.1. The number of hydrogen-bond acceptors (Lipinski definition) is 12. The molecule has 0 saturated carbocycles. The number of nitrogens with zero attached hydrogens (tertiary/aromatic N) is 4. The summed E-state index contributed by atoms with van der Waals surface area (Å²) < 4.78 is 0. The molecule has 0 spiro atoms. The van der Waals surface area contributed by atoms with E-state index in [2.05, 4.69) is 0 Å². The van der Waals surface area contributed by atoms with Crippen LogP contribution in [0.1, 0.15) is 38.5 Å². The molecule has 0 aromatic rings. The zero-order valence-electron chi connectivity index (χ0n) is 24.4. The van der Waals surface area contributed by atoms with Gasteiger partial charge in [-0.2, -0.15) is 0 Å². The number of carbonyl (C=O) groups is 6. The lowest BCUT2D eigenvalue weighted by Crippen LogP contribution is -2.56. The molecule has 1 saturated heterocycles. The predicted octanol–water partition coefficient (Wildman–Crippen LogP) is -2.48. The monoisotopic (exact) mass is 636 g/mol. The van der Waals surface area contributed by atoms with E-state index in [9.17, 15) is 59.4 Å². The highest BCUT2D eigenvalue weighted by Crippen LogP contribution is 2.16. The molecule has 4 atom stereocenters. The van der Waals surface area contributed by atoms with Gasteiger partial charge in [-0.25, -0.2) is 0 Å². The summed E-state index contributed by atoms with van der Waals surface area (Å²) in [6.07, 6.45) is -1.97. The smallest absolute Gasteiger partial charge is 0.321 e. The summed E-state index contributed by atoms with van der Waals surface area (Å²) in [5.41, 5.74) is 0. The molecule has 8 N–H and O–H groups in total. The molecule has 1 aliphatic rings. The molecule has 0 aromatic heterocycles. The van der Waals surface area contributed by atoms with Crippen LogP contribution >= 0.6 is 0 Å². The summed E-state index contributed by atoms with van der Waals surface area (Å²) in [6, 6.07) is -5.12. The van der Waals surface area contributed by atoms with Gasteiger partial charge in [0.15, 0.2) is 0 Å². The maximum absolute atomic E-state index is 12.2. The standard InChI is InChI=1S/C26H44N4O14/c31-15-5-19(25(41)42)29-11-9-27(17(23(37)38)1-3-21(33)34)7-8-28(18(24(39)40)2-4-22(35)36)10-12-30(14-13-29)20(6-16-32)26(43)44/h17-20,31-32H,1-16H2,(H,33,34)(H,35,36)(H,37,38)(H,39,40)(H,41,42)(H,43,44). The van der Waals surface area contributed by atoms with Crippen molar-refractivity contribution in [2.45, 2.75) is 62.7 Å². The molecular weight excluding hydrogens is 592 g/mol. The lowest BCUT2D eigenvalue weighted by Gasteiger charge is -2.39. The fraction of sp³-hybridized carbons (Fsp3) is 0.769. The van der Waals surface area contributed by atoms with Crippen molar-refractivity contribution in [3.05, 3.63) is 0 Å². The summed E-state index contributed by atoms with van der Waals surface area (Å²) in [4.78, 5) is 76.9. The Kier molecular flexibility index (Phi) is 17.4. The van der Waals surface area contributed by atoms with Gasteiger partial charge in [-0.1, -0.05) is 0 Å². The number of rotatable bonds is 18. The van der Waals surface area contributed by atoms with Crippen LogP contribution in [0.4, 0.5) is 0 Å². The molecule has 1 rings (SSSR count). The number of aliphatic hydroxyl groups is 2. The molecule has 0 amide bonds. The van der Waals surface area contributed by atoms with Crippen LogP contribution in [0.25, 0.3) is 0 Å². The second-order valence-electron chi connectivity index (χ2n) is 10.4. The van der Waals surface area contributed by atoms with Gasteiger partial charge in [0.05, 0.1) is 0 Å². The van der Waals surface area contributed by atoms with E-state index in [0.717, 1.165) is 0 Å². The van der Waals surface area contributed by atoms with Crippen LogP contribution in [0.3, 0.4) is 0 Å². The van der Waals surface area contributed by atoms with Crippen molar-refractivity contribution in [2.24, 2.45) is 0 Å². The molecule has 0 radical (unpaired) electrons. The first-order valence-electron chi connectivity index (χ1n) is 14.3. The summed E-state index contributed by atoms with van der Waals surface area (Å²) >= 11 is 0. The summed E-state index contributed by atoms with van der Waals surface area (Å²) in [5, 5.41) is 77.0. The Balaban J connectivity index is 3.60. The van der Waals surface area contributed by atoms with Crippen molar-refractivity contribution in [1.82, 2.24) is 19.6 Å². The second kappa shape index (κ2) is 19.8. The first kappa shape index (κ1) is 38.6. The molecule has 18 heteroatoms. The Bertz CT molecular complexity index is 906. The van der Waals surface area contributed by atoms with Crippen LogP contribution in [0.5, 0.6) is 0 Å². The molecule has 0 bridgehead atoms. The third kappa shape index (κ3) is 13.1. The zero-order chi connectivity index (χ0) is 33.4. The minimum Gasteiger partial charge on any atom is -0.481 e. The van der Waals surface area contributed by atoms with Gasteiger partial charge < -0.3 is 40.9 Å². The van der Waals surface area contributed by atoms with Crippen LogP contribution < -0.4 is 0 Å². The minimum absolute atomic E-state index is 0.0613. The van der Waals surface area contributed by atoms with Crippen molar-refractivity contribution in [3.63, 3.8) is 0 Å². The van der Waals surface area contributed by atoms with Gasteiger partial charge >= 0.3 is 35.8 Å². The Morgan fingerprint density at radius 3 is 0.773 bits per heavy atom. The van der Waals surface area contributed by atoms with Crippen LogP contribution in [0, 0.1) is 0 Å². The summed E-state index contributed by atoms with van der Waals surface area (Å²) in [6.45, 7) is -1.72. The SMILES string of the molecule is O=C(O)CCC(C(=O)O)N1CCN(C(CCO)C(=O)O)CCN(C(CCO)C(=O)O)CCN(C(CCC(=O)O)C(=O)O)CC1. The highest BCUT2D eigenvalue weighted by Gasteiger charge is 2.34. The summed E-state index contributed by atoms with van der Waals surface area (Å²) in [5.74, 6) is -7.71. The van der Waals surface area contributed by atoms with Crippen LogP contribution in [-0.4, -0.2) is 186 Å². The number of aliphatic hydroxyl groups excluding tert-OH is 2. The quantitative estimate of drug-likeness (QED) is 0.0772. The van der Waals surface area contributed by atoms with Gasteiger partial charge in [-0.05, 0) is 25.7 Å². The first-order chi connectivity index (χ1) is 20.7.